The molecular formula is C15H23N2O2+. The van der Waals surface area contributed by atoms with Crippen molar-refractivity contribution >= 4 is 5.91 Å². The first-order valence-electron chi connectivity index (χ1n) is 7.04. The van der Waals surface area contributed by atoms with Gasteiger partial charge in [0.25, 0.3) is 5.91 Å². The number of quaternary nitrogens is 1. The molecule has 0 radical (unpaired) electrons. The molecule has 1 aliphatic heterocycles. The van der Waals surface area contributed by atoms with Crippen molar-refractivity contribution in [2.75, 3.05) is 32.8 Å². The van der Waals surface area contributed by atoms with Gasteiger partial charge in [0.15, 0.2) is 6.61 Å². The van der Waals surface area contributed by atoms with E-state index in [-0.39, 0.29) is 12.5 Å². The van der Waals surface area contributed by atoms with Gasteiger partial charge in [0.1, 0.15) is 5.75 Å². The number of rotatable bonds is 6. The second-order valence-corrected chi connectivity index (χ2v) is 5.16. The Morgan fingerprint density at radius 1 is 1.26 bits per heavy atom. The van der Waals surface area contributed by atoms with Gasteiger partial charge >= 0.3 is 0 Å². The maximum absolute atomic E-state index is 11.6. The number of hydrogen-bond donors (Lipinski definition) is 2. The zero-order valence-electron chi connectivity index (χ0n) is 11.6. The van der Waals surface area contributed by atoms with Crippen molar-refractivity contribution in [1.29, 1.82) is 0 Å². The smallest absolute Gasteiger partial charge is 0.258 e. The van der Waals surface area contributed by atoms with Crippen molar-refractivity contribution in [2.24, 2.45) is 0 Å². The molecule has 1 aromatic rings. The average Bonchev–Trinajstić information content (AvgIpc) is 2.91. The number of hydrogen-bond acceptors (Lipinski definition) is 2. The summed E-state index contributed by atoms with van der Waals surface area (Å²) in [5.41, 5.74) is 1.19. The standard InChI is InChI=1S/C15H22N2O2/c1-13-4-6-14(7-5-13)19-12-15(18)16-8-11-17-9-2-3-10-17/h4-7H,2-3,8-12H2,1H3,(H,16,18)/p+1. The van der Waals surface area contributed by atoms with Gasteiger partial charge in [-0.3, -0.25) is 4.79 Å². The number of nitrogens with one attached hydrogen (secondary N) is 2. The summed E-state index contributed by atoms with van der Waals surface area (Å²) in [6.45, 7) is 6.38. The van der Waals surface area contributed by atoms with Crippen LogP contribution in [0.2, 0.25) is 0 Å². The van der Waals surface area contributed by atoms with E-state index in [1.54, 1.807) is 4.90 Å². The molecule has 0 saturated carbocycles. The van der Waals surface area contributed by atoms with Crippen molar-refractivity contribution in [3.63, 3.8) is 0 Å². The summed E-state index contributed by atoms with van der Waals surface area (Å²) in [6, 6.07) is 7.72. The van der Waals surface area contributed by atoms with Gasteiger partial charge < -0.3 is 15.0 Å². The van der Waals surface area contributed by atoms with E-state index in [2.05, 4.69) is 5.32 Å². The molecule has 0 atom stereocenters. The molecule has 0 unspecified atom stereocenters. The van der Waals surface area contributed by atoms with Gasteiger partial charge in [0.2, 0.25) is 0 Å². The molecule has 1 heterocycles. The third-order valence-corrected chi connectivity index (χ3v) is 3.50. The average molecular weight is 263 g/mol. The third-order valence-electron chi connectivity index (χ3n) is 3.50. The molecule has 19 heavy (non-hydrogen) atoms. The van der Waals surface area contributed by atoms with Gasteiger partial charge in [-0.15, -0.1) is 0 Å². The van der Waals surface area contributed by atoms with E-state index in [9.17, 15) is 4.79 Å². The molecule has 1 saturated heterocycles. The second-order valence-electron chi connectivity index (χ2n) is 5.16. The molecule has 0 spiro atoms. The number of amides is 1. The van der Waals surface area contributed by atoms with Gasteiger partial charge in [0, 0.05) is 12.8 Å². The highest BCUT2D eigenvalue weighted by Gasteiger charge is 2.14. The molecule has 0 bridgehead atoms. The molecule has 2 rings (SSSR count). The summed E-state index contributed by atoms with van der Waals surface area (Å²) in [7, 11) is 0. The van der Waals surface area contributed by atoms with Gasteiger partial charge in [0.05, 0.1) is 26.2 Å². The van der Waals surface area contributed by atoms with Crippen LogP contribution in [0.25, 0.3) is 0 Å². The van der Waals surface area contributed by atoms with Crippen LogP contribution in [0.1, 0.15) is 18.4 Å². The lowest BCUT2D eigenvalue weighted by atomic mass is 10.2. The minimum absolute atomic E-state index is 0.0424. The van der Waals surface area contributed by atoms with Crippen LogP contribution in [-0.2, 0) is 4.79 Å². The topological polar surface area (TPSA) is 42.8 Å². The molecule has 1 aromatic carbocycles. The van der Waals surface area contributed by atoms with E-state index in [0.717, 1.165) is 18.8 Å². The minimum Gasteiger partial charge on any atom is -0.484 e. The molecule has 0 aliphatic carbocycles. The van der Waals surface area contributed by atoms with E-state index in [1.165, 1.54) is 31.5 Å². The Hall–Kier alpha value is -1.55. The van der Waals surface area contributed by atoms with Crippen molar-refractivity contribution in [3.05, 3.63) is 29.8 Å². The predicted molar refractivity (Wildman–Crippen MR) is 74.5 cm³/mol. The molecule has 1 fully saturated rings. The zero-order chi connectivity index (χ0) is 13.5. The maximum atomic E-state index is 11.6. The summed E-state index contributed by atoms with van der Waals surface area (Å²) in [5.74, 6) is 0.699. The van der Waals surface area contributed by atoms with Crippen LogP contribution < -0.4 is 15.0 Å². The first-order chi connectivity index (χ1) is 9.24. The van der Waals surface area contributed by atoms with Crippen LogP contribution in [0.15, 0.2) is 24.3 Å². The number of benzene rings is 1. The van der Waals surface area contributed by atoms with Gasteiger partial charge in [-0.2, -0.15) is 0 Å². The van der Waals surface area contributed by atoms with Crippen LogP contribution in [0, 0.1) is 6.92 Å². The van der Waals surface area contributed by atoms with Gasteiger partial charge in [-0.1, -0.05) is 17.7 Å². The van der Waals surface area contributed by atoms with Crippen LogP contribution in [0.3, 0.4) is 0 Å². The molecule has 2 N–H and O–H groups in total. The number of ether oxygens (including phenoxy) is 1. The second kappa shape index (κ2) is 7.14. The molecular weight excluding hydrogens is 240 g/mol. The Labute approximate surface area is 114 Å². The van der Waals surface area contributed by atoms with Gasteiger partial charge in [-0.05, 0) is 19.1 Å². The maximum Gasteiger partial charge on any atom is 0.258 e. The molecule has 104 valence electrons. The molecule has 4 heteroatoms. The van der Waals surface area contributed by atoms with Crippen LogP contribution in [-0.4, -0.2) is 38.7 Å². The monoisotopic (exact) mass is 263 g/mol. The van der Waals surface area contributed by atoms with Crippen molar-refractivity contribution in [1.82, 2.24) is 5.32 Å². The lowest BCUT2D eigenvalue weighted by Crippen LogP contribution is -3.10. The van der Waals surface area contributed by atoms with Crippen molar-refractivity contribution in [3.8, 4) is 5.75 Å². The van der Waals surface area contributed by atoms with Crippen molar-refractivity contribution in [2.45, 2.75) is 19.8 Å². The Morgan fingerprint density at radius 2 is 1.95 bits per heavy atom. The van der Waals surface area contributed by atoms with E-state index in [0.29, 0.717) is 0 Å². The lowest BCUT2D eigenvalue weighted by molar-refractivity contribution is -0.886. The highest BCUT2D eigenvalue weighted by Crippen LogP contribution is 2.10. The number of carbonyl (C=O) groups is 1. The Balaban J connectivity index is 1.60. The number of aryl methyl sites for hydroxylation is 1. The lowest BCUT2D eigenvalue weighted by Gasteiger charge is -2.12. The quantitative estimate of drug-likeness (QED) is 0.768. The normalized spacial score (nSPS) is 15.4. The Bertz CT molecular complexity index is 397. The minimum atomic E-state index is -0.0424. The van der Waals surface area contributed by atoms with Crippen LogP contribution in [0.4, 0.5) is 0 Å². The highest BCUT2D eigenvalue weighted by atomic mass is 16.5. The first kappa shape index (κ1) is 13.9. The zero-order valence-corrected chi connectivity index (χ0v) is 11.6. The summed E-state index contributed by atoms with van der Waals surface area (Å²) < 4.78 is 5.43. The number of likely N-dealkylation sites (tertiary alicyclic amines) is 1. The van der Waals surface area contributed by atoms with Gasteiger partial charge in [-0.25, -0.2) is 0 Å². The largest absolute Gasteiger partial charge is 0.484 e. The first-order valence-corrected chi connectivity index (χ1v) is 7.04. The fourth-order valence-electron chi connectivity index (χ4n) is 2.34. The van der Waals surface area contributed by atoms with E-state index in [4.69, 9.17) is 4.74 Å². The van der Waals surface area contributed by atoms with Crippen LogP contribution in [0.5, 0.6) is 5.75 Å². The molecule has 1 aliphatic rings. The molecule has 4 nitrogen and oxygen atoms in total. The van der Waals surface area contributed by atoms with Crippen LogP contribution >= 0.6 is 0 Å². The van der Waals surface area contributed by atoms with E-state index < -0.39 is 0 Å². The number of carbonyl (C=O) groups excluding carboxylic acids is 1. The molecule has 0 aromatic heterocycles. The Kier molecular flexibility index (Phi) is 5.21. The fraction of sp³-hybridized carbons (Fsp3) is 0.533. The fourth-order valence-corrected chi connectivity index (χ4v) is 2.34. The van der Waals surface area contributed by atoms with Crippen molar-refractivity contribution < 1.29 is 14.4 Å². The predicted octanol–water partition coefficient (Wildman–Crippen LogP) is 0.169. The Morgan fingerprint density at radius 3 is 2.63 bits per heavy atom. The summed E-state index contributed by atoms with van der Waals surface area (Å²) in [6.07, 6.45) is 2.64. The third kappa shape index (κ3) is 4.91. The van der Waals surface area contributed by atoms with E-state index in [1.807, 2.05) is 31.2 Å². The summed E-state index contributed by atoms with van der Waals surface area (Å²) in [5, 5.41) is 2.91. The highest BCUT2D eigenvalue weighted by molar-refractivity contribution is 5.77. The van der Waals surface area contributed by atoms with E-state index >= 15 is 0 Å². The SMILES string of the molecule is Cc1ccc(OCC(=O)NCC[NH+]2CCCC2)cc1. The summed E-state index contributed by atoms with van der Waals surface area (Å²) >= 11 is 0. The summed E-state index contributed by atoms with van der Waals surface area (Å²) in [4.78, 5) is 13.2. The molecule has 1 amide bonds.